The van der Waals surface area contributed by atoms with Gasteiger partial charge in [0.1, 0.15) is 0 Å². The molecule has 6 nitrogen and oxygen atoms in total. The van der Waals surface area contributed by atoms with Gasteiger partial charge in [-0.25, -0.2) is 0 Å². The van der Waals surface area contributed by atoms with Gasteiger partial charge in [0.15, 0.2) is 0 Å². The summed E-state index contributed by atoms with van der Waals surface area (Å²) in [6.07, 6.45) is 0. The summed E-state index contributed by atoms with van der Waals surface area (Å²) in [5.41, 5.74) is 4.42. The van der Waals surface area contributed by atoms with Crippen molar-refractivity contribution in [3.05, 3.63) is 59.8 Å². The van der Waals surface area contributed by atoms with E-state index in [1.54, 1.807) is 6.07 Å². The highest BCUT2D eigenvalue weighted by Crippen LogP contribution is 2.29. The Morgan fingerprint density at radius 2 is 1.93 bits per heavy atom. The monoisotopic (exact) mass is 376 g/mol. The maximum atomic E-state index is 12.2. The number of carbonyl (C=O) groups is 1. The number of hydrogen-bond acceptors (Lipinski definition) is 4. The molecule has 4 rings (SSSR count). The number of carbonyl (C=O) groups excluding carboxylic acids is 1. The highest BCUT2D eigenvalue weighted by atomic mass is 16.5. The summed E-state index contributed by atoms with van der Waals surface area (Å²) in [6.45, 7) is 5.88. The number of benzene rings is 2. The van der Waals surface area contributed by atoms with Crippen molar-refractivity contribution in [1.82, 2.24) is 14.6 Å². The van der Waals surface area contributed by atoms with Crippen LogP contribution in [0.1, 0.15) is 18.2 Å². The molecule has 2 heterocycles. The van der Waals surface area contributed by atoms with Gasteiger partial charge < -0.3 is 9.09 Å². The molecule has 0 saturated heterocycles. The average Bonchev–Trinajstić information content (AvgIpc) is 3.21. The summed E-state index contributed by atoms with van der Waals surface area (Å²) in [4.78, 5) is 14.2. The molecule has 0 unspecified atom stereocenters. The number of fused-ring (bicyclic) bond motifs is 3. The lowest BCUT2D eigenvalue weighted by Gasteiger charge is -2.16. The largest absolute Gasteiger partial charge is 0.341 e. The number of para-hydroxylation sites is 1. The number of hydrogen-bond donors (Lipinski definition) is 1. The fourth-order valence-electron chi connectivity index (χ4n) is 3.75. The van der Waals surface area contributed by atoms with Gasteiger partial charge in [-0.05, 0) is 44.7 Å². The maximum absolute atomic E-state index is 12.2. The third-order valence-electron chi connectivity index (χ3n) is 4.91. The zero-order valence-electron chi connectivity index (χ0n) is 16.4. The van der Waals surface area contributed by atoms with E-state index in [1.807, 2.05) is 18.9 Å². The molecule has 0 atom stereocenters. The lowest BCUT2D eigenvalue weighted by Crippen LogP contribution is -2.29. The first-order chi connectivity index (χ1) is 13.5. The molecule has 0 fully saturated rings. The minimum absolute atomic E-state index is 0.123. The van der Waals surface area contributed by atoms with Gasteiger partial charge in [-0.1, -0.05) is 29.4 Å². The smallest absolute Gasteiger partial charge is 0.240 e. The molecular formula is C22H24N4O2. The first kappa shape index (κ1) is 18.3. The molecule has 28 heavy (non-hydrogen) atoms. The maximum Gasteiger partial charge on any atom is 0.240 e. The van der Waals surface area contributed by atoms with E-state index in [-0.39, 0.29) is 12.5 Å². The van der Waals surface area contributed by atoms with E-state index < -0.39 is 0 Å². The van der Waals surface area contributed by atoms with Crippen LogP contribution >= 0.6 is 0 Å². The van der Waals surface area contributed by atoms with Crippen LogP contribution in [-0.2, 0) is 17.9 Å². The van der Waals surface area contributed by atoms with E-state index in [1.165, 1.54) is 27.4 Å². The summed E-state index contributed by atoms with van der Waals surface area (Å²) in [7, 11) is 1.94. The quantitative estimate of drug-likeness (QED) is 0.548. The van der Waals surface area contributed by atoms with Gasteiger partial charge in [-0.2, -0.15) is 0 Å². The fraction of sp³-hybridized carbons (Fsp3) is 0.273. The average molecular weight is 376 g/mol. The Bertz CT molecular complexity index is 1140. The molecule has 0 radical (unpaired) electrons. The van der Waals surface area contributed by atoms with Crippen LogP contribution in [-0.4, -0.2) is 34.1 Å². The zero-order valence-corrected chi connectivity index (χ0v) is 16.4. The SMILES string of the molecule is CCn1c2ccccc2c2cc(CN(C)CC(=O)Nc3cc(C)no3)ccc21. The Morgan fingerprint density at radius 3 is 2.68 bits per heavy atom. The van der Waals surface area contributed by atoms with Crippen molar-refractivity contribution in [3.63, 3.8) is 0 Å². The molecule has 2 aromatic carbocycles. The lowest BCUT2D eigenvalue weighted by atomic mass is 10.1. The minimum atomic E-state index is -0.123. The van der Waals surface area contributed by atoms with Gasteiger partial charge in [0.25, 0.3) is 0 Å². The summed E-state index contributed by atoms with van der Waals surface area (Å²) < 4.78 is 7.37. The summed E-state index contributed by atoms with van der Waals surface area (Å²) in [5.74, 6) is 0.256. The molecule has 0 aliphatic carbocycles. The van der Waals surface area contributed by atoms with Crippen molar-refractivity contribution in [1.29, 1.82) is 0 Å². The normalized spacial score (nSPS) is 11.6. The molecule has 4 aromatic rings. The number of nitrogens with one attached hydrogen (secondary N) is 1. The number of aryl methyl sites for hydroxylation is 2. The second-order valence-corrected chi connectivity index (χ2v) is 7.17. The Labute approximate surface area is 163 Å². The molecule has 2 aromatic heterocycles. The Hall–Kier alpha value is -3.12. The second kappa shape index (κ2) is 7.48. The van der Waals surface area contributed by atoms with Gasteiger partial charge >= 0.3 is 0 Å². The molecular weight excluding hydrogens is 352 g/mol. The number of likely N-dealkylation sites (N-methyl/N-ethyl adjacent to an activating group) is 1. The number of aromatic nitrogens is 2. The van der Waals surface area contributed by atoms with Crippen LogP contribution in [0.2, 0.25) is 0 Å². The number of nitrogens with zero attached hydrogens (tertiary/aromatic N) is 3. The van der Waals surface area contributed by atoms with Crippen molar-refractivity contribution in [3.8, 4) is 0 Å². The van der Waals surface area contributed by atoms with E-state index in [4.69, 9.17) is 4.52 Å². The van der Waals surface area contributed by atoms with Gasteiger partial charge in [-0.3, -0.25) is 15.0 Å². The predicted molar refractivity (Wildman–Crippen MR) is 111 cm³/mol. The topological polar surface area (TPSA) is 63.3 Å². The van der Waals surface area contributed by atoms with Crippen LogP contribution in [0, 0.1) is 6.92 Å². The first-order valence-corrected chi connectivity index (χ1v) is 9.46. The van der Waals surface area contributed by atoms with Gasteiger partial charge in [0.2, 0.25) is 11.8 Å². The van der Waals surface area contributed by atoms with Gasteiger partial charge in [-0.15, -0.1) is 0 Å². The molecule has 6 heteroatoms. The van der Waals surface area contributed by atoms with Crippen LogP contribution in [0.5, 0.6) is 0 Å². The van der Waals surface area contributed by atoms with Crippen LogP contribution in [0.3, 0.4) is 0 Å². The lowest BCUT2D eigenvalue weighted by molar-refractivity contribution is -0.117. The third-order valence-corrected chi connectivity index (χ3v) is 4.91. The Balaban J connectivity index is 1.51. The summed E-state index contributed by atoms with van der Waals surface area (Å²) >= 11 is 0. The highest BCUT2D eigenvalue weighted by Gasteiger charge is 2.13. The molecule has 1 amide bonds. The van der Waals surface area contributed by atoms with Crippen LogP contribution in [0.15, 0.2) is 53.1 Å². The van der Waals surface area contributed by atoms with Crippen LogP contribution in [0.4, 0.5) is 5.88 Å². The number of anilines is 1. The number of amides is 1. The van der Waals surface area contributed by atoms with E-state index in [2.05, 4.69) is 64.4 Å². The second-order valence-electron chi connectivity index (χ2n) is 7.17. The Morgan fingerprint density at radius 1 is 1.14 bits per heavy atom. The zero-order chi connectivity index (χ0) is 19.7. The predicted octanol–water partition coefficient (Wildman–Crippen LogP) is 4.18. The van der Waals surface area contributed by atoms with E-state index in [9.17, 15) is 4.79 Å². The molecule has 0 aliphatic rings. The molecule has 1 N–H and O–H groups in total. The van der Waals surface area contributed by atoms with E-state index in [0.29, 0.717) is 12.4 Å². The van der Waals surface area contributed by atoms with Crippen molar-refractivity contribution >= 4 is 33.6 Å². The molecule has 144 valence electrons. The van der Waals surface area contributed by atoms with Gasteiger partial charge in [0, 0.05) is 41.0 Å². The van der Waals surface area contributed by atoms with Crippen LogP contribution in [0.25, 0.3) is 21.8 Å². The van der Waals surface area contributed by atoms with E-state index >= 15 is 0 Å². The van der Waals surface area contributed by atoms with Crippen molar-refractivity contribution in [2.24, 2.45) is 0 Å². The van der Waals surface area contributed by atoms with Gasteiger partial charge in [0.05, 0.1) is 12.2 Å². The van der Waals surface area contributed by atoms with Crippen LogP contribution < -0.4 is 5.32 Å². The molecule has 0 saturated carbocycles. The Kier molecular flexibility index (Phi) is 4.88. The summed E-state index contributed by atoms with van der Waals surface area (Å²) in [5, 5.41) is 9.03. The number of rotatable bonds is 6. The summed E-state index contributed by atoms with van der Waals surface area (Å²) in [6, 6.07) is 16.8. The highest BCUT2D eigenvalue weighted by molar-refractivity contribution is 6.08. The standard InChI is InChI=1S/C22H24N4O2/c1-4-26-19-8-6-5-7-17(19)18-12-16(9-10-20(18)26)13-25(3)14-21(27)23-22-11-15(2)24-28-22/h5-12H,4,13-14H2,1-3H3,(H,23,27). The molecule has 0 aliphatic heterocycles. The third kappa shape index (κ3) is 3.51. The minimum Gasteiger partial charge on any atom is -0.341 e. The molecule has 0 bridgehead atoms. The van der Waals surface area contributed by atoms with E-state index in [0.717, 1.165) is 12.2 Å². The van der Waals surface area contributed by atoms with Crippen molar-refractivity contribution in [2.45, 2.75) is 26.9 Å². The molecule has 0 spiro atoms. The van der Waals surface area contributed by atoms with Crippen molar-refractivity contribution < 1.29 is 9.32 Å². The fourth-order valence-corrected chi connectivity index (χ4v) is 3.75. The van der Waals surface area contributed by atoms with Crippen molar-refractivity contribution in [2.75, 3.05) is 18.9 Å². The first-order valence-electron chi connectivity index (χ1n) is 9.46.